The lowest BCUT2D eigenvalue weighted by molar-refractivity contribution is 0.0830. The lowest BCUT2D eigenvalue weighted by Gasteiger charge is -2.27. The molecule has 0 aliphatic heterocycles. The molecule has 0 spiro atoms. The zero-order valence-corrected chi connectivity index (χ0v) is 10.2. The van der Waals surface area contributed by atoms with Gasteiger partial charge in [-0.3, -0.25) is 4.79 Å². The van der Waals surface area contributed by atoms with Crippen molar-refractivity contribution in [2.24, 2.45) is 0 Å². The van der Waals surface area contributed by atoms with Gasteiger partial charge in [-0.1, -0.05) is 48.5 Å². The fourth-order valence-corrected chi connectivity index (χ4v) is 2.52. The molecule has 1 aliphatic rings. The van der Waals surface area contributed by atoms with Crippen molar-refractivity contribution in [2.75, 3.05) is 6.61 Å². The highest BCUT2D eigenvalue weighted by Gasteiger charge is 2.30. The average molecular weight is 238 g/mol. The van der Waals surface area contributed by atoms with Crippen LogP contribution >= 0.6 is 0 Å². The second-order valence-corrected chi connectivity index (χ2v) is 4.34. The Morgan fingerprint density at radius 1 is 0.944 bits per heavy atom. The number of fused-ring (bicyclic) bond motifs is 2. The monoisotopic (exact) mass is 238 g/mol. The fraction of sp³-hybridized carbons (Fsp3) is 0.188. The summed E-state index contributed by atoms with van der Waals surface area (Å²) in [5.74, 6) is 0.0946. The van der Waals surface area contributed by atoms with Gasteiger partial charge in [-0.05, 0) is 18.1 Å². The molecule has 0 unspecified atom stereocenters. The van der Waals surface area contributed by atoms with Gasteiger partial charge in [0.2, 0.25) is 0 Å². The predicted octanol–water partition coefficient (Wildman–Crippen LogP) is 3.36. The van der Waals surface area contributed by atoms with Crippen LogP contribution in [0.4, 0.5) is 0 Å². The fourth-order valence-electron chi connectivity index (χ4n) is 2.52. The van der Waals surface area contributed by atoms with Crippen LogP contribution in [0.2, 0.25) is 0 Å². The van der Waals surface area contributed by atoms with E-state index in [-0.39, 0.29) is 11.9 Å². The van der Waals surface area contributed by atoms with Crippen LogP contribution in [0.5, 0.6) is 0 Å². The Morgan fingerprint density at radius 3 is 1.94 bits per heavy atom. The predicted molar refractivity (Wildman–Crippen MR) is 69.8 cm³/mol. The molecule has 0 amide bonds. The Labute approximate surface area is 106 Å². The van der Waals surface area contributed by atoms with Crippen LogP contribution in [0.15, 0.2) is 48.5 Å². The van der Waals surface area contributed by atoms with E-state index >= 15 is 0 Å². The first-order valence-electron chi connectivity index (χ1n) is 6.17. The zero-order chi connectivity index (χ0) is 12.5. The molecule has 18 heavy (non-hydrogen) atoms. The quantitative estimate of drug-likeness (QED) is 0.802. The van der Waals surface area contributed by atoms with Gasteiger partial charge in [0, 0.05) is 17.7 Å². The highest BCUT2D eigenvalue weighted by Crippen LogP contribution is 2.36. The molecule has 0 heterocycles. The smallest absolute Gasteiger partial charge is 0.193 e. The van der Waals surface area contributed by atoms with E-state index in [0.717, 1.165) is 22.3 Å². The Kier molecular flexibility index (Phi) is 2.73. The third-order valence-electron chi connectivity index (χ3n) is 3.31. The van der Waals surface area contributed by atoms with Gasteiger partial charge in [0.25, 0.3) is 0 Å². The molecule has 3 rings (SSSR count). The molecular weight excluding hydrogens is 224 g/mol. The third kappa shape index (κ3) is 1.57. The molecule has 0 atom stereocenters. The lowest BCUT2D eigenvalue weighted by Crippen LogP contribution is -2.21. The van der Waals surface area contributed by atoms with Crippen LogP contribution in [-0.2, 0) is 4.74 Å². The van der Waals surface area contributed by atoms with E-state index in [0.29, 0.717) is 6.61 Å². The minimum Gasteiger partial charge on any atom is -0.369 e. The van der Waals surface area contributed by atoms with Gasteiger partial charge in [0.15, 0.2) is 5.78 Å². The minimum absolute atomic E-state index is 0.0946. The second kappa shape index (κ2) is 4.39. The van der Waals surface area contributed by atoms with Gasteiger partial charge >= 0.3 is 0 Å². The number of hydrogen-bond donors (Lipinski definition) is 0. The molecule has 0 saturated carbocycles. The first-order chi connectivity index (χ1) is 8.83. The number of rotatable bonds is 2. The van der Waals surface area contributed by atoms with E-state index in [1.807, 2.05) is 55.5 Å². The van der Waals surface area contributed by atoms with Crippen LogP contribution in [0, 0.1) is 0 Å². The number of carbonyl (C=O) groups is 1. The van der Waals surface area contributed by atoms with Crippen LogP contribution < -0.4 is 0 Å². The summed E-state index contributed by atoms with van der Waals surface area (Å²) in [6, 6.07) is 15.4. The summed E-state index contributed by atoms with van der Waals surface area (Å²) in [5, 5.41) is 0. The molecule has 1 aliphatic carbocycles. The maximum atomic E-state index is 12.4. The van der Waals surface area contributed by atoms with E-state index in [1.165, 1.54) is 0 Å². The molecule has 0 bridgehead atoms. The molecule has 0 radical (unpaired) electrons. The van der Waals surface area contributed by atoms with E-state index in [2.05, 4.69) is 0 Å². The summed E-state index contributed by atoms with van der Waals surface area (Å²) in [7, 11) is 0. The molecule has 0 fully saturated rings. The Morgan fingerprint density at radius 2 is 1.44 bits per heavy atom. The van der Waals surface area contributed by atoms with Crippen LogP contribution in [0.1, 0.15) is 40.1 Å². The first kappa shape index (κ1) is 11.2. The van der Waals surface area contributed by atoms with Crippen molar-refractivity contribution in [3.05, 3.63) is 70.8 Å². The van der Waals surface area contributed by atoms with Gasteiger partial charge in [-0.15, -0.1) is 0 Å². The molecule has 2 aromatic carbocycles. The van der Waals surface area contributed by atoms with E-state index in [4.69, 9.17) is 4.74 Å². The maximum Gasteiger partial charge on any atom is 0.193 e. The molecule has 2 nitrogen and oxygen atoms in total. The Hall–Kier alpha value is -1.93. The molecule has 2 heteroatoms. The van der Waals surface area contributed by atoms with E-state index in [9.17, 15) is 4.79 Å². The number of ketones is 1. The van der Waals surface area contributed by atoms with Crippen molar-refractivity contribution in [3.63, 3.8) is 0 Å². The van der Waals surface area contributed by atoms with Crippen molar-refractivity contribution in [2.45, 2.75) is 13.0 Å². The standard InChI is InChI=1S/C16H14O2/c1-2-18-16-13-9-5-3-7-11(13)15(17)12-8-4-6-10-14(12)16/h3-10,16H,2H2,1H3. The summed E-state index contributed by atoms with van der Waals surface area (Å²) in [4.78, 5) is 12.4. The maximum absolute atomic E-state index is 12.4. The summed E-state index contributed by atoms with van der Waals surface area (Å²) in [5.41, 5.74) is 3.47. The molecule has 90 valence electrons. The highest BCUT2D eigenvalue weighted by molar-refractivity contribution is 6.12. The van der Waals surface area contributed by atoms with Crippen molar-refractivity contribution < 1.29 is 9.53 Å². The van der Waals surface area contributed by atoms with Crippen molar-refractivity contribution in [1.82, 2.24) is 0 Å². The van der Waals surface area contributed by atoms with Gasteiger partial charge in [-0.25, -0.2) is 0 Å². The number of ether oxygens (including phenoxy) is 1. The SMILES string of the molecule is CCOC1c2ccccc2C(=O)c2ccccc21. The number of carbonyl (C=O) groups excluding carboxylic acids is 1. The first-order valence-corrected chi connectivity index (χ1v) is 6.17. The molecular formula is C16H14O2. The Balaban J connectivity index is 2.23. The van der Waals surface area contributed by atoms with Crippen LogP contribution in [0.25, 0.3) is 0 Å². The summed E-state index contributed by atoms with van der Waals surface area (Å²) < 4.78 is 5.83. The van der Waals surface area contributed by atoms with Crippen molar-refractivity contribution in [3.8, 4) is 0 Å². The van der Waals surface area contributed by atoms with Crippen molar-refractivity contribution >= 4 is 5.78 Å². The van der Waals surface area contributed by atoms with Gasteiger partial charge in [-0.2, -0.15) is 0 Å². The normalized spacial score (nSPS) is 14.2. The second-order valence-electron chi connectivity index (χ2n) is 4.34. The van der Waals surface area contributed by atoms with Gasteiger partial charge in [0.05, 0.1) is 0 Å². The van der Waals surface area contributed by atoms with Crippen LogP contribution in [0.3, 0.4) is 0 Å². The molecule has 0 N–H and O–H groups in total. The largest absolute Gasteiger partial charge is 0.369 e. The van der Waals surface area contributed by atoms with Crippen molar-refractivity contribution in [1.29, 1.82) is 0 Å². The third-order valence-corrected chi connectivity index (χ3v) is 3.31. The number of benzene rings is 2. The molecule has 0 aromatic heterocycles. The van der Waals surface area contributed by atoms with Gasteiger partial charge in [0.1, 0.15) is 6.10 Å². The topological polar surface area (TPSA) is 26.3 Å². The summed E-state index contributed by atoms with van der Waals surface area (Å²) in [6.07, 6.45) is -0.125. The number of hydrogen-bond acceptors (Lipinski definition) is 2. The zero-order valence-electron chi connectivity index (χ0n) is 10.2. The summed E-state index contributed by atoms with van der Waals surface area (Å²) >= 11 is 0. The molecule has 0 saturated heterocycles. The highest BCUT2D eigenvalue weighted by atomic mass is 16.5. The van der Waals surface area contributed by atoms with Crippen LogP contribution in [-0.4, -0.2) is 12.4 Å². The minimum atomic E-state index is -0.125. The average Bonchev–Trinajstić information content (AvgIpc) is 2.43. The van der Waals surface area contributed by atoms with E-state index in [1.54, 1.807) is 0 Å². The summed E-state index contributed by atoms with van der Waals surface area (Å²) in [6.45, 7) is 2.60. The van der Waals surface area contributed by atoms with E-state index < -0.39 is 0 Å². The molecule has 2 aromatic rings. The lowest BCUT2D eigenvalue weighted by atomic mass is 9.83. The Bertz CT molecular complexity index is 552. The van der Waals surface area contributed by atoms with Gasteiger partial charge < -0.3 is 4.74 Å².